The minimum absolute atomic E-state index is 0.714. The molecule has 0 aliphatic carbocycles. The zero-order valence-electron chi connectivity index (χ0n) is 6.34. The second-order valence-corrected chi connectivity index (χ2v) is 5.08. The van der Waals surface area contributed by atoms with Crippen molar-refractivity contribution < 1.29 is 0 Å². The summed E-state index contributed by atoms with van der Waals surface area (Å²) in [6.45, 7) is 0. The van der Waals surface area contributed by atoms with Crippen molar-refractivity contribution >= 4 is 53.3 Å². The number of benzene rings is 1. The van der Waals surface area contributed by atoms with Crippen LogP contribution in [-0.2, 0) is 0 Å². The molecule has 0 aliphatic rings. The zero-order chi connectivity index (χ0) is 9.42. The van der Waals surface area contributed by atoms with Gasteiger partial charge in [-0.3, -0.25) is 0 Å². The maximum absolute atomic E-state index is 8.89. The highest BCUT2D eigenvalue weighted by molar-refractivity contribution is 9.11. The first-order chi connectivity index (χ1) is 6.24. The molecule has 1 heterocycles. The van der Waals surface area contributed by atoms with Crippen LogP contribution in [0.15, 0.2) is 26.5 Å². The van der Waals surface area contributed by atoms with Crippen molar-refractivity contribution in [1.29, 1.82) is 5.26 Å². The fraction of sp³-hybridized carbons (Fsp3) is 0. The van der Waals surface area contributed by atoms with Crippen LogP contribution < -0.4 is 0 Å². The molecule has 0 aliphatic heterocycles. The molecule has 0 saturated heterocycles. The van der Waals surface area contributed by atoms with Crippen molar-refractivity contribution in [3.8, 4) is 6.07 Å². The molecule has 2 aromatic rings. The Morgan fingerprint density at radius 3 is 2.69 bits per heavy atom. The van der Waals surface area contributed by atoms with E-state index in [1.54, 1.807) is 11.3 Å². The minimum Gasteiger partial charge on any atom is -0.192 e. The highest BCUT2D eigenvalue weighted by Crippen LogP contribution is 2.37. The van der Waals surface area contributed by atoms with Gasteiger partial charge >= 0.3 is 0 Å². The lowest BCUT2D eigenvalue weighted by Gasteiger charge is -1.96. The molecule has 0 atom stereocenters. The average Bonchev–Trinajstić information content (AvgIpc) is 2.51. The Kier molecular flexibility index (Phi) is 2.41. The summed E-state index contributed by atoms with van der Waals surface area (Å²) in [6, 6.07) is 5.91. The third-order valence-electron chi connectivity index (χ3n) is 1.75. The van der Waals surface area contributed by atoms with Crippen LogP contribution >= 0.6 is 43.2 Å². The number of thiophene rings is 1. The van der Waals surface area contributed by atoms with E-state index in [-0.39, 0.29) is 0 Å². The summed E-state index contributed by atoms with van der Waals surface area (Å²) in [6.07, 6.45) is 0. The van der Waals surface area contributed by atoms with E-state index in [0.717, 1.165) is 19.0 Å². The third kappa shape index (κ3) is 1.41. The summed E-state index contributed by atoms with van der Waals surface area (Å²) < 4.78 is 3.15. The van der Waals surface area contributed by atoms with Gasteiger partial charge in [-0.05, 0) is 44.0 Å². The predicted octanol–water partition coefficient (Wildman–Crippen LogP) is 4.30. The molecule has 0 amide bonds. The molecular formula is C9H3Br2NS. The molecule has 0 saturated carbocycles. The van der Waals surface area contributed by atoms with Gasteiger partial charge in [0.1, 0.15) is 0 Å². The molecule has 13 heavy (non-hydrogen) atoms. The van der Waals surface area contributed by atoms with Gasteiger partial charge in [-0.15, -0.1) is 11.3 Å². The Labute approximate surface area is 96.2 Å². The molecule has 0 N–H and O–H groups in total. The Morgan fingerprint density at radius 2 is 2.00 bits per heavy atom. The Hall–Kier alpha value is -0.370. The second kappa shape index (κ2) is 3.41. The van der Waals surface area contributed by atoms with Gasteiger partial charge < -0.3 is 0 Å². The van der Waals surface area contributed by atoms with Gasteiger partial charge in [0.05, 0.1) is 16.3 Å². The normalized spacial score (nSPS) is 10.2. The SMILES string of the molecule is N#Cc1ccc(Br)c2scc(Br)c12. The predicted molar refractivity (Wildman–Crippen MR) is 61.9 cm³/mol. The summed E-state index contributed by atoms with van der Waals surface area (Å²) in [4.78, 5) is 0. The van der Waals surface area contributed by atoms with Gasteiger partial charge in [-0.2, -0.15) is 5.26 Å². The molecule has 1 aromatic heterocycles. The van der Waals surface area contributed by atoms with Gasteiger partial charge in [0.25, 0.3) is 0 Å². The van der Waals surface area contributed by atoms with Crippen LogP contribution in [-0.4, -0.2) is 0 Å². The molecule has 4 heteroatoms. The summed E-state index contributed by atoms with van der Waals surface area (Å²) in [5, 5.41) is 11.9. The third-order valence-corrected chi connectivity index (χ3v) is 4.61. The van der Waals surface area contributed by atoms with Gasteiger partial charge in [0.2, 0.25) is 0 Å². The molecule has 2 rings (SSSR count). The molecule has 0 fully saturated rings. The van der Waals surface area contributed by atoms with E-state index in [2.05, 4.69) is 37.9 Å². The summed E-state index contributed by atoms with van der Waals surface area (Å²) in [5.74, 6) is 0. The van der Waals surface area contributed by atoms with E-state index in [1.807, 2.05) is 17.5 Å². The lowest BCUT2D eigenvalue weighted by Crippen LogP contribution is -1.76. The maximum atomic E-state index is 8.89. The summed E-state index contributed by atoms with van der Waals surface area (Å²) in [7, 11) is 0. The van der Waals surface area contributed by atoms with Crippen LogP contribution in [0.1, 0.15) is 5.56 Å². The molecule has 0 spiro atoms. The first-order valence-electron chi connectivity index (χ1n) is 3.49. The van der Waals surface area contributed by atoms with Crippen LogP contribution in [0.5, 0.6) is 0 Å². The topological polar surface area (TPSA) is 23.8 Å². The lowest BCUT2D eigenvalue weighted by molar-refractivity contribution is 1.50. The van der Waals surface area contributed by atoms with E-state index in [0.29, 0.717) is 5.56 Å². The van der Waals surface area contributed by atoms with Crippen LogP contribution in [0.25, 0.3) is 10.1 Å². The first-order valence-corrected chi connectivity index (χ1v) is 5.96. The number of hydrogen-bond donors (Lipinski definition) is 0. The van der Waals surface area contributed by atoms with Crippen LogP contribution in [0.2, 0.25) is 0 Å². The maximum Gasteiger partial charge on any atom is 0.0998 e. The summed E-state index contributed by atoms with van der Waals surface area (Å²) >= 11 is 8.51. The lowest BCUT2D eigenvalue weighted by atomic mass is 10.1. The molecular weight excluding hydrogens is 314 g/mol. The van der Waals surface area contributed by atoms with Crippen molar-refractivity contribution in [3.63, 3.8) is 0 Å². The second-order valence-electron chi connectivity index (χ2n) is 2.49. The molecule has 0 radical (unpaired) electrons. The fourth-order valence-electron chi connectivity index (χ4n) is 1.17. The van der Waals surface area contributed by atoms with Crippen molar-refractivity contribution in [2.45, 2.75) is 0 Å². The number of rotatable bonds is 0. The van der Waals surface area contributed by atoms with E-state index < -0.39 is 0 Å². The van der Waals surface area contributed by atoms with Crippen molar-refractivity contribution in [3.05, 3.63) is 32.0 Å². The van der Waals surface area contributed by atoms with Gasteiger partial charge in [-0.25, -0.2) is 0 Å². The van der Waals surface area contributed by atoms with Crippen LogP contribution in [0.4, 0.5) is 0 Å². The van der Waals surface area contributed by atoms with E-state index in [4.69, 9.17) is 5.26 Å². The molecule has 64 valence electrons. The molecule has 1 aromatic carbocycles. The van der Waals surface area contributed by atoms with Crippen LogP contribution in [0, 0.1) is 11.3 Å². The zero-order valence-corrected chi connectivity index (χ0v) is 10.3. The fourth-order valence-corrected chi connectivity index (χ4v) is 3.46. The molecule has 1 nitrogen and oxygen atoms in total. The van der Waals surface area contributed by atoms with Crippen molar-refractivity contribution in [2.24, 2.45) is 0 Å². The standard InChI is InChI=1S/C9H3Br2NS/c10-6-2-1-5(3-12)8-7(11)4-13-9(6)8/h1-2,4H. The highest BCUT2D eigenvalue weighted by atomic mass is 79.9. The number of hydrogen-bond acceptors (Lipinski definition) is 2. The van der Waals surface area contributed by atoms with E-state index in [1.165, 1.54) is 0 Å². The van der Waals surface area contributed by atoms with Crippen molar-refractivity contribution in [2.75, 3.05) is 0 Å². The first kappa shape index (κ1) is 9.20. The largest absolute Gasteiger partial charge is 0.192 e. The average molecular weight is 317 g/mol. The Morgan fingerprint density at radius 1 is 1.23 bits per heavy atom. The summed E-state index contributed by atoms with van der Waals surface area (Å²) in [5.41, 5.74) is 0.714. The molecule has 0 bridgehead atoms. The quantitative estimate of drug-likeness (QED) is 0.711. The number of nitrogens with zero attached hydrogens (tertiary/aromatic N) is 1. The Bertz CT molecular complexity index is 510. The van der Waals surface area contributed by atoms with E-state index in [9.17, 15) is 0 Å². The minimum atomic E-state index is 0.714. The Balaban J connectivity index is 2.99. The highest BCUT2D eigenvalue weighted by Gasteiger charge is 2.09. The number of fused-ring (bicyclic) bond motifs is 1. The van der Waals surface area contributed by atoms with Gasteiger partial charge in [0, 0.05) is 19.7 Å². The van der Waals surface area contributed by atoms with E-state index >= 15 is 0 Å². The van der Waals surface area contributed by atoms with Gasteiger partial charge in [0.15, 0.2) is 0 Å². The van der Waals surface area contributed by atoms with Crippen molar-refractivity contribution in [1.82, 2.24) is 0 Å². The monoisotopic (exact) mass is 315 g/mol. The number of nitriles is 1. The van der Waals surface area contributed by atoms with Crippen LogP contribution in [0.3, 0.4) is 0 Å². The molecule has 0 unspecified atom stereocenters. The smallest absolute Gasteiger partial charge is 0.0998 e. The number of halogens is 2. The van der Waals surface area contributed by atoms with Gasteiger partial charge in [-0.1, -0.05) is 0 Å².